The first kappa shape index (κ1) is 18.9. The van der Waals surface area contributed by atoms with Crippen molar-refractivity contribution in [2.45, 2.75) is 12.6 Å². The van der Waals surface area contributed by atoms with Crippen LogP contribution in [-0.2, 0) is 11.3 Å². The van der Waals surface area contributed by atoms with Crippen molar-refractivity contribution in [3.63, 3.8) is 0 Å². The smallest absolute Gasteiger partial charge is 0.261 e. The van der Waals surface area contributed by atoms with E-state index >= 15 is 0 Å². The molecule has 1 amide bonds. The molecule has 1 unspecified atom stereocenters. The van der Waals surface area contributed by atoms with Crippen LogP contribution in [0, 0.1) is 0 Å². The molecule has 8 heteroatoms. The maximum atomic E-state index is 12.7. The maximum Gasteiger partial charge on any atom is 0.261 e. The third kappa shape index (κ3) is 4.05. The minimum absolute atomic E-state index is 0.0952. The molecule has 1 atom stereocenters. The number of hydrogen-bond acceptors (Lipinski definition) is 7. The molecule has 1 fully saturated rings. The van der Waals surface area contributed by atoms with Crippen molar-refractivity contribution < 1.29 is 14.6 Å². The van der Waals surface area contributed by atoms with Crippen LogP contribution < -0.4 is 5.32 Å². The van der Waals surface area contributed by atoms with E-state index < -0.39 is 0 Å². The predicted octanol–water partition coefficient (Wildman–Crippen LogP) is 1.99. The van der Waals surface area contributed by atoms with Gasteiger partial charge in [-0.25, -0.2) is 4.98 Å². The van der Waals surface area contributed by atoms with Gasteiger partial charge in [0.2, 0.25) is 0 Å². The van der Waals surface area contributed by atoms with Gasteiger partial charge in [-0.1, -0.05) is 12.1 Å². The number of aliphatic hydroxyl groups excluding tert-OH is 1. The van der Waals surface area contributed by atoms with Gasteiger partial charge in [0, 0.05) is 49.5 Å². The molecule has 3 aromatic rings. The number of aliphatic hydroxyl groups is 1. The van der Waals surface area contributed by atoms with Gasteiger partial charge in [0.1, 0.15) is 9.71 Å². The van der Waals surface area contributed by atoms with Gasteiger partial charge in [-0.15, -0.1) is 11.3 Å². The Morgan fingerprint density at radius 3 is 3.00 bits per heavy atom. The van der Waals surface area contributed by atoms with Crippen molar-refractivity contribution in [3.05, 3.63) is 58.9 Å². The zero-order valence-corrected chi connectivity index (χ0v) is 16.2. The van der Waals surface area contributed by atoms with Crippen LogP contribution in [0.2, 0.25) is 0 Å². The number of thiophene rings is 1. The average Bonchev–Trinajstić information content (AvgIpc) is 3.13. The van der Waals surface area contributed by atoms with Crippen molar-refractivity contribution >= 4 is 27.5 Å². The third-order valence-corrected chi connectivity index (χ3v) is 5.82. The number of amides is 1. The van der Waals surface area contributed by atoms with E-state index in [1.807, 2.05) is 30.3 Å². The van der Waals surface area contributed by atoms with Crippen LogP contribution in [0.5, 0.6) is 0 Å². The number of nitrogens with zero attached hydrogens (tertiary/aromatic N) is 3. The Morgan fingerprint density at radius 1 is 1.29 bits per heavy atom. The van der Waals surface area contributed by atoms with E-state index in [0.29, 0.717) is 18.0 Å². The van der Waals surface area contributed by atoms with Crippen LogP contribution >= 0.6 is 11.3 Å². The van der Waals surface area contributed by atoms with Gasteiger partial charge in [0.15, 0.2) is 0 Å². The van der Waals surface area contributed by atoms with Crippen molar-refractivity contribution in [2.75, 3.05) is 32.8 Å². The Balaban J connectivity index is 1.62. The Labute approximate surface area is 167 Å². The van der Waals surface area contributed by atoms with Gasteiger partial charge in [0.25, 0.3) is 5.91 Å². The average molecular weight is 398 g/mol. The van der Waals surface area contributed by atoms with E-state index in [0.717, 1.165) is 34.6 Å². The molecule has 0 bridgehead atoms. The van der Waals surface area contributed by atoms with Gasteiger partial charge < -0.3 is 15.2 Å². The van der Waals surface area contributed by atoms with Crippen LogP contribution in [0.15, 0.2) is 42.7 Å². The van der Waals surface area contributed by atoms with Crippen LogP contribution in [0.3, 0.4) is 0 Å². The number of ether oxygens (including phenoxy) is 1. The summed E-state index contributed by atoms with van der Waals surface area (Å²) in [7, 11) is 0. The summed E-state index contributed by atoms with van der Waals surface area (Å²) < 4.78 is 6.08. The molecule has 2 N–H and O–H groups in total. The monoisotopic (exact) mass is 398 g/mol. The Morgan fingerprint density at radius 2 is 2.18 bits per heavy atom. The van der Waals surface area contributed by atoms with Crippen molar-refractivity contribution in [1.82, 2.24) is 20.2 Å². The normalized spacial score (nSPS) is 17.7. The summed E-state index contributed by atoms with van der Waals surface area (Å²) in [6.45, 7) is 2.95. The SMILES string of the molecule is O=C(NCCO)c1sc2ncccc2c1C1CN(Cc2ccccn2)CCO1. The predicted molar refractivity (Wildman–Crippen MR) is 107 cm³/mol. The van der Waals surface area contributed by atoms with Crippen molar-refractivity contribution in [3.8, 4) is 0 Å². The second kappa shape index (κ2) is 8.74. The van der Waals surface area contributed by atoms with E-state index in [9.17, 15) is 4.79 Å². The fourth-order valence-corrected chi connectivity index (χ4v) is 4.54. The van der Waals surface area contributed by atoms with Gasteiger partial charge >= 0.3 is 0 Å². The van der Waals surface area contributed by atoms with E-state index in [4.69, 9.17) is 9.84 Å². The van der Waals surface area contributed by atoms with E-state index in [2.05, 4.69) is 20.2 Å². The Kier molecular flexibility index (Phi) is 5.92. The van der Waals surface area contributed by atoms with Crippen LogP contribution in [0.1, 0.15) is 27.0 Å². The van der Waals surface area contributed by atoms with Gasteiger partial charge in [-0.2, -0.15) is 0 Å². The fourth-order valence-electron chi connectivity index (χ4n) is 3.43. The Hall–Kier alpha value is -2.39. The van der Waals surface area contributed by atoms with Crippen LogP contribution in [0.4, 0.5) is 0 Å². The summed E-state index contributed by atoms with van der Waals surface area (Å²) in [5, 5.41) is 12.7. The first-order chi connectivity index (χ1) is 13.8. The highest BCUT2D eigenvalue weighted by Gasteiger charge is 2.30. The zero-order chi connectivity index (χ0) is 19.3. The summed E-state index contributed by atoms with van der Waals surface area (Å²) in [4.78, 5) is 25.2. The lowest BCUT2D eigenvalue weighted by molar-refractivity contribution is -0.0326. The number of aromatic nitrogens is 2. The maximum absolute atomic E-state index is 12.7. The molecule has 1 saturated heterocycles. The van der Waals surface area contributed by atoms with E-state index in [1.54, 1.807) is 12.4 Å². The lowest BCUT2D eigenvalue weighted by Gasteiger charge is -2.33. The summed E-state index contributed by atoms with van der Waals surface area (Å²) in [5.41, 5.74) is 1.90. The Bertz CT molecular complexity index is 947. The van der Waals surface area contributed by atoms with Gasteiger partial charge in [0.05, 0.1) is 25.0 Å². The highest BCUT2D eigenvalue weighted by atomic mass is 32.1. The van der Waals surface area contributed by atoms with Crippen LogP contribution in [0.25, 0.3) is 10.2 Å². The topological polar surface area (TPSA) is 87.6 Å². The molecule has 146 valence electrons. The van der Waals surface area contributed by atoms with Crippen molar-refractivity contribution in [1.29, 1.82) is 0 Å². The molecule has 4 rings (SSSR count). The molecule has 7 nitrogen and oxygen atoms in total. The highest BCUT2D eigenvalue weighted by molar-refractivity contribution is 7.20. The number of nitrogens with one attached hydrogen (secondary N) is 1. The van der Waals surface area contributed by atoms with Crippen LogP contribution in [-0.4, -0.2) is 58.7 Å². The molecule has 0 aromatic carbocycles. The largest absolute Gasteiger partial charge is 0.395 e. The number of fused-ring (bicyclic) bond motifs is 1. The lowest BCUT2D eigenvalue weighted by Crippen LogP contribution is -2.38. The van der Waals surface area contributed by atoms with E-state index in [1.165, 1.54) is 11.3 Å². The standard InChI is InChI=1S/C20H22N4O3S/c25-10-8-22-19(26)18-17(15-5-3-7-23-20(15)28-18)16-13-24(9-11-27-16)12-14-4-1-2-6-21-14/h1-7,16,25H,8-13H2,(H,22,26). The van der Waals surface area contributed by atoms with E-state index in [-0.39, 0.29) is 25.2 Å². The molecule has 0 spiro atoms. The second-order valence-corrected chi connectivity index (χ2v) is 7.60. The number of rotatable bonds is 6. The first-order valence-corrected chi connectivity index (χ1v) is 10.1. The number of carbonyl (C=O) groups is 1. The summed E-state index contributed by atoms with van der Waals surface area (Å²) >= 11 is 1.37. The molecule has 1 aliphatic rings. The summed E-state index contributed by atoms with van der Waals surface area (Å²) in [6, 6.07) is 9.78. The zero-order valence-electron chi connectivity index (χ0n) is 15.4. The first-order valence-electron chi connectivity index (χ1n) is 9.26. The van der Waals surface area contributed by atoms with Gasteiger partial charge in [-0.3, -0.25) is 14.7 Å². The number of pyridine rings is 2. The molecular weight excluding hydrogens is 376 g/mol. The molecule has 0 radical (unpaired) electrons. The molecule has 4 heterocycles. The summed E-state index contributed by atoms with van der Waals surface area (Å²) in [5.74, 6) is -0.197. The summed E-state index contributed by atoms with van der Waals surface area (Å²) in [6.07, 6.45) is 3.31. The number of carbonyl (C=O) groups excluding carboxylic acids is 1. The second-order valence-electron chi connectivity index (χ2n) is 6.60. The molecular formula is C20H22N4O3S. The molecule has 0 saturated carbocycles. The fraction of sp³-hybridized carbons (Fsp3) is 0.350. The highest BCUT2D eigenvalue weighted by Crippen LogP contribution is 2.37. The lowest BCUT2D eigenvalue weighted by atomic mass is 10.0. The molecule has 3 aromatic heterocycles. The number of hydrogen-bond donors (Lipinski definition) is 2. The molecule has 28 heavy (non-hydrogen) atoms. The van der Waals surface area contributed by atoms with Gasteiger partial charge in [-0.05, 0) is 18.2 Å². The van der Waals surface area contributed by atoms with Crippen molar-refractivity contribution in [2.24, 2.45) is 0 Å². The number of morpholine rings is 1. The minimum Gasteiger partial charge on any atom is -0.395 e. The molecule has 1 aliphatic heterocycles. The third-order valence-electron chi connectivity index (χ3n) is 4.69. The minimum atomic E-state index is -0.217. The molecule has 0 aliphatic carbocycles. The quantitative estimate of drug-likeness (QED) is 0.660.